The van der Waals surface area contributed by atoms with E-state index in [-0.39, 0.29) is 17.6 Å². The van der Waals surface area contributed by atoms with Gasteiger partial charge in [0.25, 0.3) is 5.91 Å². The molecule has 0 aliphatic carbocycles. The number of aryl methyl sites for hydroxylation is 2. The average molecular weight is 443 g/mol. The molecular weight excluding hydrogens is 420 g/mol. The number of carbonyl (C=O) groups excluding carboxylic acids is 1. The highest BCUT2D eigenvalue weighted by Gasteiger charge is 2.32. The van der Waals surface area contributed by atoms with Gasteiger partial charge in [0.1, 0.15) is 29.1 Å². The number of hydrogen-bond acceptors (Lipinski definition) is 7. The lowest BCUT2D eigenvalue weighted by atomic mass is 10.1. The normalized spacial score (nSPS) is 13.4. The Bertz CT molecular complexity index is 1170. The number of nitrogens with zero attached hydrogens (tertiary/aromatic N) is 6. The number of rotatable bonds is 7. The van der Waals surface area contributed by atoms with Crippen LogP contribution in [0.3, 0.4) is 0 Å². The lowest BCUT2D eigenvalue weighted by molar-refractivity contribution is -0.165. The van der Waals surface area contributed by atoms with Gasteiger partial charge in [0.15, 0.2) is 5.65 Å². The minimum Gasteiger partial charge on any atom is -0.338 e. The minimum atomic E-state index is -3.05. The number of hydrogen-bond donors (Lipinski definition) is 1. The van der Waals surface area contributed by atoms with Gasteiger partial charge < -0.3 is 14.6 Å². The molecule has 11 heteroatoms. The molecule has 32 heavy (non-hydrogen) atoms. The zero-order chi connectivity index (χ0) is 23.6. The second-order valence-electron chi connectivity index (χ2n) is 7.61. The van der Waals surface area contributed by atoms with Crippen LogP contribution in [0, 0.1) is 25.2 Å². The Morgan fingerprint density at radius 1 is 1.16 bits per heavy atom. The van der Waals surface area contributed by atoms with Crippen molar-refractivity contribution >= 4 is 17.1 Å². The SMILES string of the molecule is Cc1cnc(C(=O)N[C@H](c2nc3c(C)c(C#N)cnc3n2C(C)C)[C@@H](C)OC(F)F)cn1. The molecule has 0 spiro atoms. The van der Waals surface area contributed by atoms with Crippen LogP contribution in [-0.4, -0.2) is 43.1 Å². The van der Waals surface area contributed by atoms with Crippen molar-refractivity contribution in [1.82, 2.24) is 29.8 Å². The van der Waals surface area contributed by atoms with Crippen LogP contribution in [0.1, 0.15) is 66.0 Å². The summed E-state index contributed by atoms with van der Waals surface area (Å²) >= 11 is 0. The third kappa shape index (κ3) is 4.55. The molecule has 3 aromatic rings. The van der Waals surface area contributed by atoms with Gasteiger partial charge in [-0.25, -0.2) is 15.0 Å². The van der Waals surface area contributed by atoms with Crippen molar-refractivity contribution in [3.05, 3.63) is 46.9 Å². The molecule has 0 aromatic carbocycles. The molecule has 0 fully saturated rings. The van der Waals surface area contributed by atoms with Crippen molar-refractivity contribution in [2.75, 3.05) is 0 Å². The number of fused-ring (bicyclic) bond motifs is 1. The Hall–Kier alpha value is -3.52. The molecule has 0 aliphatic rings. The van der Waals surface area contributed by atoms with Gasteiger partial charge in [-0.1, -0.05) is 0 Å². The van der Waals surface area contributed by atoms with Gasteiger partial charge in [-0.05, 0) is 40.2 Å². The van der Waals surface area contributed by atoms with E-state index in [4.69, 9.17) is 4.74 Å². The van der Waals surface area contributed by atoms with Gasteiger partial charge in [-0.3, -0.25) is 9.78 Å². The van der Waals surface area contributed by atoms with Crippen LogP contribution in [0.4, 0.5) is 8.78 Å². The maximum absolute atomic E-state index is 13.1. The van der Waals surface area contributed by atoms with Crippen molar-refractivity contribution in [3.63, 3.8) is 0 Å². The Kier molecular flexibility index (Phi) is 6.74. The summed E-state index contributed by atoms with van der Waals surface area (Å²) < 4.78 is 32.6. The van der Waals surface area contributed by atoms with E-state index in [1.807, 2.05) is 13.8 Å². The molecular formula is C21H23F2N7O2. The molecule has 3 heterocycles. The highest BCUT2D eigenvalue weighted by Crippen LogP contribution is 2.30. The predicted molar refractivity (Wildman–Crippen MR) is 111 cm³/mol. The molecule has 0 bridgehead atoms. The average Bonchev–Trinajstić information content (AvgIpc) is 3.12. The molecule has 1 N–H and O–H groups in total. The molecule has 0 unspecified atom stereocenters. The maximum atomic E-state index is 13.1. The Labute approximate surface area is 183 Å². The number of halogens is 2. The largest absolute Gasteiger partial charge is 0.345 e. The number of alkyl halides is 2. The Morgan fingerprint density at radius 3 is 2.44 bits per heavy atom. The number of nitriles is 1. The van der Waals surface area contributed by atoms with Crippen LogP contribution in [0.2, 0.25) is 0 Å². The van der Waals surface area contributed by atoms with E-state index in [0.717, 1.165) is 0 Å². The smallest absolute Gasteiger partial charge is 0.338 e. The van der Waals surface area contributed by atoms with Gasteiger partial charge in [0.05, 0.1) is 23.6 Å². The van der Waals surface area contributed by atoms with Crippen LogP contribution in [0.15, 0.2) is 18.6 Å². The zero-order valence-corrected chi connectivity index (χ0v) is 18.3. The number of amides is 1. The molecule has 0 aliphatic heterocycles. The zero-order valence-electron chi connectivity index (χ0n) is 18.3. The number of imidazole rings is 1. The van der Waals surface area contributed by atoms with E-state index in [0.29, 0.717) is 28.0 Å². The molecule has 3 rings (SSSR count). The lowest BCUT2D eigenvalue weighted by Crippen LogP contribution is -2.39. The van der Waals surface area contributed by atoms with Crippen LogP contribution in [-0.2, 0) is 4.74 Å². The molecule has 9 nitrogen and oxygen atoms in total. The van der Waals surface area contributed by atoms with E-state index in [2.05, 4.69) is 31.3 Å². The second kappa shape index (κ2) is 9.32. The van der Waals surface area contributed by atoms with Gasteiger partial charge in [0.2, 0.25) is 0 Å². The van der Waals surface area contributed by atoms with Crippen LogP contribution in [0.25, 0.3) is 11.2 Å². The summed E-state index contributed by atoms with van der Waals surface area (Å²) in [4.78, 5) is 29.9. The molecule has 0 radical (unpaired) electrons. The summed E-state index contributed by atoms with van der Waals surface area (Å²) in [5, 5.41) is 12.0. The third-order valence-corrected chi connectivity index (χ3v) is 4.99. The Morgan fingerprint density at radius 2 is 1.88 bits per heavy atom. The van der Waals surface area contributed by atoms with E-state index in [1.165, 1.54) is 25.5 Å². The summed E-state index contributed by atoms with van der Waals surface area (Å²) in [6.45, 7) is 5.59. The molecule has 0 saturated heterocycles. The molecule has 0 saturated carbocycles. The standard InChI is InChI=1S/C21H23F2N7O2/c1-10(2)30-18-16(12(4)14(6-24)8-27-18)28-19(30)17(13(5)32-21(22)23)29-20(31)15-9-25-11(3)7-26-15/h7-10,13,17,21H,1-5H3,(H,29,31)/t13-,17+/m1/s1. The fourth-order valence-corrected chi connectivity index (χ4v) is 3.36. The molecule has 2 atom stereocenters. The van der Waals surface area contributed by atoms with Crippen molar-refractivity contribution in [3.8, 4) is 6.07 Å². The van der Waals surface area contributed by atoms with Crippen LogP contribution in [0.5, 0.6) is 0 Å². The first kappa shape index (κ1) is 23.1. The minimum absolute atomic E-state index is 0.0260. The first-order valence-electron chi connectivity index (χ1n) is 9.94. The molecule has 3 aromatic heterocycles. The van der Waals surface area contributed by atoms with Gasteiger partial charge in [-0.15, -0.1) is 0 Å². The first-order chi connectivity index (χ1) is 15.1. The van der Waals surface area contributed by atoms with Gasteiger partial charge >= 0.3 is 6.61 Å². The Balaban J connectivity index is 2.14. The number of pyridine rings is 1. The van der Waals surface area contributed by atoms with Crippen molar-refractivity contribution < 1.29 is 18.3 Å². The van der Waals surface area contributed by atoms with Crippen LogP contribution < -0.4 is 5.32 Å². The first-order valence-corrected chi connectivity index (χ1v) is 9.94. The van der Waals surface area contributed by atoms with Gasteiger partial charge in [0, 0.05) is 18.4 Å². The van der Waals surface area contributed by atoms with Crippen molar-refractivity contribution in [2.45, 2.75) is 59.4 Å². The third-order valence-electron chi connectivity index (χ3n) is 4.99. The number of carbonyl (C=O) groups is 1. The highest BCUT2D eigenvalue weighted by molar-refractivity contribution is 5.92. The number of aromatic nitrogens is 5. The summed E-state index contributed by atoms with van der Waals surface area (Å²) in [7, 11) is 0. The fourth-order valence-electron chi connectivity index (χ4n) is 3.36. The van der Waals surface area contributed by atoms with E-state index >= 15 is 0 Å². The lowest BCUT2D eigenvalue weighted by Gasteiger charge is -2.26. The van der Waals surface area contributed by atoms with E-state index < -0.39 is 24.7 Å². The number of nitrogens with one attached hydrogen (secondary N) is 1. The monoisotopic (exact) mass is 443 g/mol. The molecule has 1 amide bonds. The van der Waals surface area contributed by atoms with Crippen molar-refractivity contribution in [2.24, 2.45) is 0 Å². The fraction of sp³-hybridized carbons (Fsp3) is 0.429. The second-order valence-corrected chi connectivity index (χ2v) is 7.61. The van der Waals surface area contributed by atoms with Gasteiger partial charge in [-0.2, -0.15) is 14.0 Å². The highest BCUT2D eigenvalue weighted by atomic mass is 19.3. The van der Waals surface area contributed by atoms with Crippen molar-refractivity contribution in [1.29, 1.82) is 5.26 Å². The van der Waals surface area contributed by atoms with Crippen LogP contribution >= 0.6 is 0 Å². The summed E-state index contributed by atoms with van der Waals surface area (Å²) in [5.74, 6) is -0.334. The summed E-state index contributed by atoms with van der Waals surface area (Å²) in [6, 6.07) is 0.833. The molecule has 168 valence electrons. The quantitative estimate of drug-likeness (QED) is 0.594. The van der Waals surface area contributed by atoms with E-state index in [1.54, 1.807) is 18.4 Å². The number of ether oxygens (including phenoxy) is 1. The topological polar surface area (TPSA) is 119 Å². The predicted octanol–water partition coefficient (Wildman–Crippen LogP) is 3.39. The summed E-state index contributed by atoms with van der Waals surface area (Å²) in [6.07, 6.45) is 3.04. The summed E-state index contributed by atoms with van der Waals surface area (Å²) in [5.41, 5.74) is 2.54. The maximum Gasteiger partial charge on any atom is 0.345 e. The van der Waals surface area contributed by atoms with E-state index in [9.17, 15) is 18.8 Å².